The third-order valence-electron chi connectivity index (χ3n) is 22.5. The molecule has 9 aromatic carbocycles. The highest BCUT2D eigenvalue weighted by Crippen LogP contribution is 2.50. The number of carbonyl (C=O) groups is 7. The second-order valence-electron chi connectivity index (χ2n) is 29.5. The number of nitrogens with one attached hydrogen (secondary N) is 4. The van der Waals surface area contributed by atoms with Crippen molar-refractivity contribution >= 4 is 103 Å². The van der Waals surface area contributed by atoms with E-state index in [1.807, 2.05) is 82.4 Å². The van der Waals surface area contributed by atoms with E-state index in [-0.39, 0.29) is 56.3 Å². The normalized spacial score (nSPS) is 19.7. The summed E-state index contributed by atoms with van der Waals surface area (Å²) in [5.74, 6) is -3.74. The number of methoxy groups -OCH3 is 2. The van der Waals surface area contributed by atoms with Crippen molar-refractivity contribution in [3.05, 3.63) is 284 Å². The van der Waals surface area contributed by atoms with Crippen LogP contribution in [0.25, 0.3) is 0 Å². The fraction of sp³-hybridized carbons (Fsp3) is 0.264. The molecule has 9 N–H and O–H groups in total. The van der Waals surface area contributed by atoms with Crippen LogP contribution in [-0.2, 0) is 34.3 Å². The molecule has 27 heteroatoms. The van der Waals surface area contributed by atoms with Gasteiger partial charge in [0.2, 0.25) is 0 Å². The molecule has 4 atom stereocenters. The zero-order valence-corrected chi connectivity index (χ0v) is 64.1. The van der Waals surface area contributed by atoms with Crippen molar-refractivity contribution in [2.45, 2.75) is 95.9 Å². The molecule has 0 bridgehead atoms. The van der Waals surface area contributed by atoms with E-state index < -0.39 is 56.7 Å². The molecule has 9 aromatic rings. The van der Waals surface area contributed by atoms with Crippen LogP contribution in [0, 0.1) is 33.7 Å². The highest BCUT2D eigenvalue weighted by atomic mass is 35.5. The molecule has 3 aliphatic carbocycles. The summed E-state index contributed by atoms with van der Waals surface area (Å²) < 4.78 is 76.1. The van der Waals surface area contributed by atoms with Crippen LogP contribution in [0.2, 0.25) is 5.02 Å². The Kier molecular flexibility index (Phi) is 24.0. The number of allylic oxidation sites excluding steroid dienone is 1. The molecule has 3 unspecified atom stereocenters. The number of oxime groups is 1. The number of halogens is 4. The van der Waals surface area contributed by atoms with Crippen molar-refractivity contribution in [1.29, 1.82) is 0 Å². The van der Waals surface area contributed by atoms with Crippen LogP contribution in [-0.4, -0.2) is 101 Å². The lowest BCUT2D eigenvalue weighted by atomic mass is 9.75. The molecule has 0 aromatic heterocycles. The Bertz CT molecular complexity index is 5440. The van der Waals surface area contributed by atoms with Gasteiger partial charge in [0.15, 0.2) is 0 Å². The highest BCUT2D eigenvalue weighted by molar-refractivity contribution is 7.87. The van der Waals surface area contributed by atoms with E-state index in [2.05, 4.69) is 27.2 Å². The minimum absolute atomic E-state index is 0.00632. The minimum Gasteiger partial charge on any atom is -0.495 e. The van der Waals surface area contributed by atoms with Crippen LogP contribution < -0.4 is 55.7 Å². The van der Waals surface area contributed by atoms with Crippen molar-refractivity contribution in [1.82, 2.24) is 4.72 Å². The average Bonchev–Trinajstić information content (AvgIpc) is 1.62. The predicted molar refractivity (Wildman–Crippen MR) is 431 cm³/mol. The Morgan fingerprint density at radius 2 is 1.02 bits per heavy atom. The van der Waals surface area contributed by atoms with Gasteiger partial charge in [0.25, 0.3) is 51.6 Å². The monoisotopic (exact) mass is 1580 g/mol. The summed E-state index contributed by atoms with van der Waals surface area (Å²) in [7, 11) is -1.23. The lowest BCUT2D eigenvalue weighted by Crippen LogP contribution is -2.40. The third kappa shape index (κ3) is 17.8. The van der Waals surface area contributed by atoms with E-state index >= 15 is 0 Å². The molecule has 22 nitrogen and oxygen atoms in total. The summed E-state index contributed by atoms with van der Waals surface area (Å²) in [6.07, 6.45) is 13.0. The quantitative estimate of drug-likeness (QED) is 0.0418. The van der Waals surface area contributed by atoms with E-state index in [1.54, 1.807) is 70.5 Å². The number of hydrogen-bond acceptors (Lipinski definition) is 14. The number of ether oxygens (including phenoxy) is 2. The van der Waals surface area contributed by atoms with Gasteiger partial charge < -0.3 is 51.1 Å². The Morgan fingerprint density at radius 1 is 0.509 bits per heavy atom. The number of benzene rings is 9. The maximum atomic E-state index is 13.8. The van der Waals surface area contributed by atoms with Crippen molar-refractivity contribution < 1.29 is 69.8 Å². The fourth-order valence-corrected chi connectivity index (χ4v) is 17.2. The van der Waals surface area contributed by atoms with Gasteiger partial charge in [-0.2, -0.15) is 8.42 Å². The number of nitrogens with zero attached hydrogens (tertiary/aromatic N) is 4. The van der Waals surface area contributed by atoms with Gasteiger partial charge in [-0.05, 0) is 244 Å². The summed E-state index contributed by atoms with van der Waals surface area (Å²) in [6.45, 7) is 1.44. The topological polar surface area (TPSA) is 315 Å². The van der Waals surface area contributed by atoms with Gasteiger partial charge in [-0.15, -0.1) is 0 Å². The SMILES string of the molecule is COc1cc(C(=O)N2CCC3(CCCC3=NO)Cc3ccccc32)ccc1NC(=O)c1cccc(F)c1.COc1cc(C(=O)N2CCC3(CCCC3N)Cc3ccccc32)ccc1NC(=O)c1cccc(F)c1.NS(=O)(=O)NC(=O)C1=C[C@@]2(CC1)CCN(C(=O)c1ccc(NC(=O)c3cc(F)ccc3Cl)cc1)c1ccccc1C2. The first-order valence-corrected chi connectivity index (χ1v) is 39.3. The maximum Gasteiger partial charge on any atom is 0.298 e. The van der Waals surface area contributed by atoms with Gasteiger partial charge in [-0.25, -0.2) is 23.0 Å². The molecule has 3 aliphatic heterocycles. The molecule has 3 heterocycles. The second kappa shape index (κ2) is 34.2. The zero-order chi connectivity index (χ0) is 80.6. The fourth-order valence-electron chi connectivity index (χ4n) is 16.6. The standard InChI is InChI=1S/C29H26ClFN4O5S.C29H28FN3O4.C29H30FN3O3/c30-24-10-7-21(31)15-23(24)27(37)33-22-8-5-18(6-9-22)28(38)35-14-13-29(16-19-3-1-2-4-25(19)35)12-11-20(17-29)26(36)34-41(32,39)40;1-37-25-17-20(11-12-23(25)31-27(34)19-7-4-8-22(30)16-19)28(35)33-15-14-29(13-5-10-26(29)32-36)18-21-6-2-3-9-24(21)33;1-36-25-17-20(11-12-23(25)32-27(34)19-7-4-8-22(30)16-19)28(35)33-15-14-29(13-5-10-26(29)31)18-21-6-2-3-9-24(21)33/h1-10,15,17H,11-14,16H2,(H,33,37)(H,34,36)(H2,32,39,40);2-4,6-9,11-12,16-17,36H,5,10,13-15,18H2,1H3,(H,31,34);2-4,6-9,11-12,16-17,26H,5,10,13-15,18,31H2,1H3,(H,32,34)/t29-;;/m0../s1. The molecule has 588 valence electrons. The summed E-state index contributed by atoms with van der Waals surface area (Å²) in [5, 5.41) is 26.5. The van der Waals surface area contributed by atoms with Gasteiger partial charge in [0.05, 0.1) is 41.9 Å². The molecule has 2 fully saturated rings. The van der Waals surface area contributed by atoms with E-state index in [0.717, 1.165) is 115 Å². The molecule has 0 saturated heterocycles. The number of carbonyl (C=O) groups excluding carboxylic acids is 7. The molecule has 7 amide bonds. The zero-order valence-electron chi connectivity index (χ0n) is 62.5. The van der Waals surface area contributed by atoms with Crippen molar-refractivity contribution in [3.63, 3.8) is 0 Å². The Morgan fingerprint density at radius 3 is 1.54 bits per heavy atom. The number of hydrogen-bond donors (Lipinski definition) is 7. The summed E-state index contributed by atoms with van der Waals surface area (Å²) in [6, 6.07) is 54.1. The number of fused-ring (bicyclic) bond motifs is 3. The number of amides is 7. The first-order valence-electron chi connectivity index (χ1n) is 37.4. The van der Waals surface area contributed by atoms with Crippen molar-refractivity contribution in [2.24, 2.45) is 32.3 Å². The summed E-state index contributed by atoms with van der Waals surface area (Å²) in [4.78, 5) is 96.8. The predicted octanol–water partition coefficient (Wildman–Crippen LogP) is 15.2. The lowest BCUT2D eigenvalue weighted by molar-refractivity contribution is -0.115. The number of nitrogens with two attached hydrogens (primary N) is 2. The van der Waals surface area contributed by atoms with Gasteiger partial charge in [-0.3, -0.25) is 33.6 Å². The number of rotatable bonds is 13. The first kappa shape index (κ1) is 80.1. The summed E-state index contributed by atoms with van der Waals surface area (Å²) >= 11 is 6.03. The van der Waals surface area contributed by atoms with Crippen LogP contribution in [0.15, 0.2) is 217 Å². The van der Waals surface area contributed by atoms with E-state index in [1.165, 1.54) is 62.8 Å². The van der Waals surface area contributed by atoms with E-state index in [9.17, 15) is 60.4 Å². The molecular weight excluding hydrogens is 1500 g/mol. The summed E-state index contributed by atoms with van der Waals surface area (Å²) in [5.41, 5.74) is 15.5. The molecule has 6 aliphatic rings. The Hall–Kier alpha value is -12.0. The smallest absolute Gasteiger partial charge is 0.298 e. The van der Waals surface area contributed by atoms with Crippen LogP contribution in [0.3, 0.4) is 0 Å². The molecular formula is C87H84ClF3N10O12S. The molecule has 0 radical (unpaired) electrons. The second-order valence-corrected chi connectivity index (χ2v) is 31.2. The minimum atomic E-state index is -4.17. The van der Waals surface area contributed by atoms with Crippen LogP contribution >= 0.6 is 11.6 Å². The van der Waals surface area contributed by atoms with E-state index in [0.29, 0.717) is 103 Å². The lowest BCUT2D eigenvalue weighted by Gasteiger charge is -2.32. The number of para-hydroxylation sites is 3. The van der Waals surface area contributed by atoms with E-state index in [4.69, 9.17) is 31.9 Å². The van der Waals surface area contributed by atoms with Crippen molar-refractivity contribution in [2.75, 3.05) is 64.5 Å². The van der Waals surface area contributed by atoms with Crippen LogP contribution in [0.5, 0.6) is 11.5 Å². The van der Waals surface area contributed by atoms with Gasteiger partial charge in [-0.1, -0.05) is 96.0 Å². The molecule has 15 rings (SSSR count). The van der Waals surface area contributed by atoms with Crippen LogP contribution in [0.4, 0.5) is 47.3 Å². The molecule has 114 heavy (non-hydrogen) atoms. The third-order valence-corrected chi connectivity index (χ3v) is 23.3. The molecule has 3 spiro atoms. The first-order chi connectivity index (χ1) is 54.8. The molecule has 2 saturated carbocycles. The Balaban J connectivity index is 0.000000150. The van der Waals surface area contributed by atoms with Crippen LogP contribution in [0.1, 0.15) is 149 Å². The maximum absolute atomic E-state index is 13.8. The van der Waals surface area contributed by atoms with Gasteiger partial charge in [0, 0.05) is 87.2 Å². The number of anilines is 6. The van der Waals surface area contributed by atoms with Gasteiger partial charge in [0.1, 0.15) is 29.0 Å². The Labute approximate surface area is 662 Å². The average molecular weight is 1590 g/mol. The van der Waals surface area contributed by atoms with Crippen molar-refractivity contribution in [3.8, 4) is 11.5 Å². The highest BCUT2D eigenvalue weighted by Gasteiger charge is 2.46. The largest absolute Gasteiger partial charge is 0.495 e. The van der Waals surface area contributed by atoms with Gasteiger partial charge >= 0.3 is 0 Å².